The van der Waals surface area contributed by atoms with Crippen molar-refractivity contribution in [3.63, 3.8) is 0 Å². The van der Waals surface area contributed by atoms with Crippen LogP contribution in [0.5, 0.6) is 11.5 Å². The molecule has 3 aromatic rings. The summed E-state index contributed by atoms with van der Waals surface area (Å²) in [6.07, 6.45) is 4.76. The number of anilines is 1. The Morgan fingerprint density at radius 1 is 1.26 bits per heavy atom. The fourth-order valence-electron chi connectivity index (χ4n) is 4.02. The zero-order valence-corrected chi connectivity index (χ0v) is 18.2. The van der Waals surface area contributed by atoms with Crippen LogP contribution in [0.15, 0.2) is 30.6 Å². The summed E-state index contributed by atoms with van der Waals surface area (Å²) in [5.74, 6) is 0.422. The van der Waals surface area contributed by atoms with Crippen molar-refractivity contribution < 1.29 is 19.0 Å². The third-order valence-corrected chi connectivity index (χ3v) is 5.84. The van der Waals surface area contributed by atoms with Crippen LogP contribution in [-0.4, -0.2) is 58.6 Å². The molecule has 4 rings (SSSR count). The molecule has 1 aliphatic heterocycles. The molecule has 1 amide bonds. The second-order valence-electron chi connectivity index (χ2n) is 7.45. The Bertz CT molecular complexity index is 1110. The van der Waals surface area contributed by atoms with E-state index in [9.17, 15) is 14.3 Å². The minimum Gasteiger partial charge on any atom is -0.507 e. The zero-order chi connectivity index (χ0) is 22.1. The van der Waals surface area contributed by atoms with Crippen molar-refractivity contribution in [1.29, 1.82) is 0 Å². The summed E-state index contributed by atoms with van der Waals surface area (Å²) in [5, 5.41) is 10.5. The maximum absolute atomic E-state index is 14.5. The number of ether oxygens (including phenoxy) is 1. The predicted octanol–water partition coefficient (Wildman–Crippen LogP) is 3.96. The van der Waals surface area contributed by atoms with Crippen LogP contribution in [0.4, 0.5) is 10.2 Å². The Hall–Kier alpha value is -3.00. The van der Waals surface area contributed by atoms with Crippen LogP contribution >= 0.6 is 11.6 Å². The minimum absolute atomic E-state index is 0.0283. The number of imidazole rings is 1. The number of carbonyl (C=O) groups excluding carboxylic acids is 1. The number of phenols is 1. The van der Waals surface area contributed by atoms with E-state index >= 15 is 0 Å². The number of phenolic OH excluding ortho intramolecular Hbond substituents is 1. The number of carbonyl (C=O) groups is 1. The molecule has 2 aromatic heterocycles. The maximum atomic E-state index is 14.5. The van der Waals surface area contributed by atoms with Gasteiger partial charge in [-0.15, -0.1) is 0 Å². The lowest BCUT2D eigenvalue weighted by Gasteiger charge is -2.35. The van der Waals surface area contributed by atoms with Gasteiger partial charge in [0.15, 0.2) is 11.4 Å². The maximum Gasteiger partial charge on any atom is 0.222 e. The van der Waals surface area contributed by atoms with Crippen molar-refractivity contribution in [1.82, 2.24) is 14.3 Å². The molecule has 0 saturated carbocycles. The van der Waals surface area contributed by atoms with Crippen LogP contribution < -0.4 is 9.64 Å². The second-order valence-corrected chi connectivity index (χ2v) is 7.85. The van der Waals surface area contributed by atoms with Gasteiger partial charge >= 0.3 is 0 Å². The number of aromatic hydroxyl groups is 1. The van der Waals surface area contributed by atoms with Crippen molar-refractivity contribution in [3.8, 4) is 22.6 Å². The number of pyridine rings is 1. The molecule has 0 unspecified atom stereocenters. The quantitative estimate of drug-likeness (QED) is 0.642. The van der Waals surface area contributed by atoms with Crippen molar-refractivity contribution in [3.05, 3.63) is 41.4 Å². The third kappa shape index (κ3) is 3.76. The highest BCUT2D eigenvalue weighted by Gasteiger charge is 2.26. The van der Waals surface area contributed by atoms with Gasteiger partial charge in [-0.3, -0.25) is 9.20 Å². The van der Waals surface area contributed by atoms with E-state index in [4.69, 9.17) is 16.3 Å². The fraction of sp³-hybridized carbons (Fsp3) is 0.364. The first kappa shape index (κ1) is 21.2. The summed E-state index contributed by atoms with van der Waals surface area (Å²) in [6.45, 7) is 4.60. The summed E-state index contributed by atoms with van der Waals surface area (Å²) in [5.41, 5.74) is 0.683. The SMILES string of the molecule is CCCC(=O)N1CCN(c2cnc3c(OC)c(-c4c(O)cccc4F)c(Cl)cn23)CC1. The molecule has 0 spiro atoms. The van der Waals surface area contributed by atoms with Gasteiger partial charge in [0.2, 0.25) is 5.91 Å². The molecule has 164 valence electrons. The van der Waals surface area contributed by atoms with Crippen molar-refractivity contribution in [2.24, 2.45) is 0 Å². The summed E-state index contributed by atoms with van der Waals surface area (Å²) in [6, 6.07) is 4.08. The van der Waals surface area contributed by atoms with E-state index in [0.29, 0.717) is 38.2 Å². The number of amides is 1. The topological polar surface area (TPSA) is 70.3 Å². The number of piperazine rings is 1. The van der Waals surface area contributed by atoms with E-state index in [1.165, 1.54) is 25.3 Å². The van der Waals surface area contributed by atoms with Gasteiger partial charge < -0.3 is 19.6 Å². The molecule has 0 radical (unpaired) electrons. The number of rotatable bonds is 5. The van der Waals surface area contributed by atoms with Crippen molar-refractivity contribution >= 4 is 29.0 Å². The Kier molecular flexibility index (Phi) is 5.91. The molecular weight excluding hydrogens is 423 g/mol. The van der Waals surface area contributed by atoms with E-state index in [1.807, 2.05) is 11.8 Å². The molecule has 3 heterocycles. The van der Waals surface area contributed by atoms with Gasteiger partial charge in [-0.25, -0.2) is 9.37 Å². The Labute approximate surface area is 184 Å². The molecule has 1 N–H and O–H groups in total. The molecule has 0 bridgehead atoms. The van der Waals surface area contributed by atoms with Gasteiger partial charge in [-0.05, 0) is 18.6 Å². The number of nitrogens with zero attached hydrogens (tertiary/aromatic N) is 4. The molecule has 0 aliphatic carbocycles. The first-order valence-corrected chi connectivity index (χ1v) is 10.6. The highest BCUT2D eigenvalue weighted by molar-refractivity contribution is 6.34. The molecule has 1 aliphatic rings. The lowest BCUT2D eigenvalue weighted by molar-refractivity contribution is -0.131. The number of benzene rings is 1. The van der Waals surface area contributed by atoms with Crippen LogP contribution in [-0.2, 0) is 4.79 Å². The Morgan fingerprint density at radius 3 is 2.65 bits per heavy atom. The number of methoxy groups -OCH3 is 1. The largest absolute Gasteiger partial charge is 0.507 e. The summed E-state index contributed by atoms with van der Waals surface area (Å²) >= 11 is 6.56. The summed E-state index contributed by atoms with van der Waals surface area (Å²) in [7, 11) is 1.46. The van der Waals surface area contributed by atoms with Crippen LogP contribution in [0.2, 0.25) is 5.02 Å². The molecule has 9 heteroatoms. The molecular formula is C22H24ClFN4O3. The number of hydrogen-bond acceptors (Lipinski definition) is 5. The van der Waals surface area contributed by atoms with E-state index in [1.54, 1.807) is 16.8 Å². The van der Waals surface area contributed by atoms with E-state index in [0.717, 1.165) is 12.2 Å². The lowest BCUT2D eigenvalue weighted by atomic mass is 10.0. The fourth-order valence-corrected chi connectivity index (χ4v) is 4.30. The molecule has 31 heavy (non-hydrogen) atoms. The zero-order valence-electron chi connectivity index (χ0n) is 17.4. The molecule has 1 saturated heterocycles. The monoisotopic (exact) mass is 446 g/mol. The van der Waals surface area contributed by atoms with Crippen molar-refractivity contribution in [2.45, 2.75) is 19.8 Å². The van der Waals surface area contributed by atoms with Crippen molar-refractivity contribution in [2.75, 3.05) is 38.2 Å². The highest BCUT2D eigenvalue weighted by atomic mass is 35.5. The normalized spacial score (nSPS) is 14.3. The van der Waals surface area contributed by atoms with Gasteiger partial charge in [0.05, 0.1) is 29.5 Å². The molecule has 1 aromatic carbocycles. The number of aromatic nitrogens is 2. The van der Waals surface area contributed by atoms with Gasteiger partial charge in [0.25, 0.3) is 0 Å². The third-order valence-electron chi connectivity index (χ3n) is 5.55. The highest BCUT2D eigenvalue weighted by Crippen LogP contribution is 2.44. The minimum atomic E-state index is -0.607. The summed E-state index contributed by atoms with van der Waals surface area (Å²) in [4.78, 5) is 20.7. The molecule has 0 atom stereocenters. The second kappa shape index (κ2) is 8.63. The van der Waals surface area contributed by atoms with Gasteiger partial charge in [-0.2, -0.15) is 0 Å². The average molecular weight is 447 g/mol. The van der Waals surface area contributed by atoms with Gasteiger partial charge in [0, 0.05) is 38.8 Å². The first-order chi connectivity index (χ1) is 15.0. The standard InChI is InChI=1S/C22H24ClFN4O3/c1-3-5-18(30)27-10-8-26(9-11-27)17-12-25-22-21(31-2)19(14(23)13-28(17)22)20-15(24)6-4-7-16(20)29/h4,6-7,12-13,29H,3,5,8-11H2,1-2H3. The van der Waals surface area contributed by atoms with Crippen LogP contribution in [0.3, 0.4) is 0 Å². The van der Waals surface area contributed by atoms with Gasteiger partial charge in [-0.1, -0.05) is 24.6 Å². The van der Waals surface area contributed by atoms with Crippen LogP contribution in [0, 0.1) is 5.82 Å². The number of halogens is 2. The number of hydrogen-bond donors (Lipinski definition) is 1. The lowest BCUT2D eigenvalue weighted by Crippen LogP contribution is -2.49. The smallest absolute Gasteiger partial charge is 0.222 e. The molecule has 7 nitrogen and oxygen atoms in total. The summed E-state index contributed by atoms with van der Waals surface area (Å²) < 4.78 is 21.9. The first-order valence-electron chi connectivity index (χ1n) is 10.2. The van der Waals surface area contributed by atoms with E-state index < -0.39 is 5.82 Å². The van der Waals surface area contributed by atoms with E-state index in [2.05, 4.69) is 9.88 Å². The number of fused-ring (bicyclic) bond motifs is 1. The predicted molar refractivity (Wildman–Crippen MR) is 118 cm³/mol. The Balaban J connectivity index is 1.72. The van der Waals surface area contributed by atoms with E-state index in [-0.39, 0.29) is 33.6 Å². The molecule has 1 fully saturated rings. The van der Waals surface area contributed by atoms with Crippen LogP contribution in [0.25, 0.3) is 16.8 Å². The average Bonchev–Trinajstić information content (AvgIpc) is 3.17. The van der Waals surface area contributed by atoms with Crippen LogP contribution in [0.1, 0.15) is 19.8 Å². The Morgan fingerprint density at radius 2 is 2.00 bits per heavy atom. The van der Waals surface area contributed by atoms with Gasteiger partial charge in [0.1, 0.15) is 17.4 Å².